The van der Waals surface area contributed by atoms with Crippen LogP contribution in [0.3, 0.4) is 0 Å². The number of fused-ring (bicyclic) bond motifs is 1. The summed E-state index contributed by atoms with van der Waals surface area (Å²) in [5, 5.41) is 11.9. The van der Waals surface area contributed by atoms with Crippen LogP contribution in [0.1, 0.15) is 21.6 Å². The highest BCUT2D eigenvalue weighted by molar-refractivity contribution is 7.89. The van der Waals surface area contributed by atoms with Crippen LogP contribution in [0.2, 0.25) is 0 Å². The number of ether oxygens (including phenoxy) is 1. The largest absolute Gasteiger partial charge is 0.487 e. The molecule has 168 valence electrons. The van der Waals surface area contributed by atoms with Gasteiger partial charge in [0.25, 0.3) is 5.91 Å². The van der Waals surface area contributed by atoms with Gasteiger partial charge < -0.3 is 19.7 Å². The van der Waals surface area contributed by atoms with Crippen molar-refractivity contribution in [2.24, 2.45) is 7.05 Å². The summed E-state index contributed by atoms with van der Waals surface area (Å²) in [7, 11) is -2.81. The molecule has 0 radical (unpaired) electrons. The lowest BCUT2D eigenvalue weighted by Crippen LogP contribution is -2.52. The molecule has 12 heteroatoms. The summed E-state index contributed by atoms with van der Waals surface area (Å²) >= 11 is 0. The Labute approximate surface area is 176 Å². The fourth-order valence-corrected chi connectivity index (χ4v) is 4.71. The normalized spacial score (nSPS) is 20.3. The van der Waals surface area contributed by atoms with Gasteiger partial charge >= 0.3 is 6.18 Å². The summed E-state index contributed by atoms with van der Waals surface area (Å²) in [6, 6.07) is 3.31. The molecule has 0 bridgehead atoms. The molecule has 1 aromatic carbocycles. The molecule has 0 saturated heterocycles. The third-order valence-corrected chi connectivity index (χ3v) is 6.44. The lowest BCUT2D eigenvalue weighted by Gasteiger charge is -2.26. The van der Waals surface area contributed by atoms with E-state index in [1.54, 1.807) is 0 Å². The quantitative estimate of drug-likeness (QED) is 0.608. The van der Waals surface area contributed by atoms with Crippen LogP contribution in [-0.4, -0.2) is 42.8 Å². The van der Waals surface area contributed by atoms with Crippen LogP contribution >= 0.6 is 0 Å². The molecule has 1 atom stereocenters. The van der Waals surface area contributed by atoms with Crippen molar-refractivity contribution in [3.05, 3.63) is 53.9 Å². The first-order valence-electron chi connectivity index (χ1n) is 8.93. The van der Waals surface area contributed by atoms with Crippen LogP contribution in [0, 0.1) is 6.92 Å². The standard InChI is InChI=1S/C19H20F3N3O5S/c1-4-18(9-26)10-30-16-14(31(28,29)24-18)8-25(3)15(16)17(27)23-12-6-5-11(2)13(7-12)19(20,21)22/h4-8,24,26H,1,9-10H2,2-3H3,(H,23,27)/t18-/m0/s1. The van der Waals surface area contributed by atoms with Crippen molar-refractivity contribution in [1.82, 2.24) is 9.29 Å². The van der Waals surface area contributed by atoms with Gasteiger partial charge in [-0.05, 0) is 24.6 Å². The average molecular weight is 459 g/mol. The summed E-state index contributed by atoms with van der Waals surface area (Å²) in [4.78, 5) is 12.5. The van der Waals surface area contributed by atoms with Crippen LogP contribution in [0.15, 0.2) is 41.9 Å². The van der Waals surface area contributed by atoms with Crippen molar-refractivity contribution >= 4 is 21.6 Å². The van der Waals surface area contributed by atoms with Crippen LogP contribution in [0.25, 0.3) is 0 Å². The van der Waals surface area contributed by atoms with Gasteiger partial charge in [0.2, 0.25) is 10.0 Å². The molecule has 1 amide bonds. The summed E-state index contributed by atoms with van der Waals surface area (Å²) < 4.78 is 74.0. The Bertz CT molecular complexity index is 1160. The fourth-order valence-electron chi connectivity index (χ4n) is 3.16. The number of aliphatic hydroxyl groups excluding tert-OH is 1. The van der Waals surface area contributed by atoms with Crippen molar-refractivity contribution in [3.63, 3.8) is 0 Å². The van der Waals surface area contributed by atoms with Gasteiger partial charge in [-0.15, -0.1) is 6.58 Å². The Hall–Kier alpha value is -2.83. The highest BCUT2D eigenvalue weighted by atomic mass is 32.2. The van der Waals surface area contributed by atoms with Crippen LogP contribution < -0.4 is 14.8 Å². The topological polar surface area (TPSA) is 110 Å². The van der Waals surface area contributed by atoms with E-state index in [2.05, 4.69) is 16.6 Å². The third kappa shape index (κ3) is 4.18. The second kappa shape index (κ2) is 7.70. The van der Waals surface area contributed by atoms with Gasteiger partial charge in [-0.2, -0.15) is 17.9 Å². The maximum Gasteiger partial charge on any atom is 0.416 e. The van der Waals surface area contributed by atoms with E-state index in [4.69, 9.17) is 4.74 Å². The zero-order valence-corrected chi connectivity index (χ0v) is 17.4. The van der Waals surface area contributed by atoms with E-state index in [0.29, 0.717) is 0 Å². The molecule has 2 heterocycles. The van der Waals surface area contributed by atoms with E-state index < -0.39 is 39.8 Å². The lowest BCUT2D eigenvalue weighted by molar-refractivity contribution is -0.138. The third-order valence-electron chi connectivity index (χ3n) is 4.89. The van der Waals surface area contributed by atoms with Crippen molar-refractivity contribution < 1.29 is 36.2 Å². The molecular formula is C19H20F3N3O5S. The minimum absolute atomic E-state index is 0.0106. The minimum atomic E-state index is -4.60. The molecule has 0 fully saturated rings. The maximum absolute atomic E-state index is 13.2. The number of anilines is 1. The fraction of sp³-hybridized carbons (Fsp3) is 0.316. The van der Waals surface area contributed by atoms with Crippen molar-refractivity contribution in [1.29, 1.82) is 0 Å². The SMILES string of the molecule is C=C[C@]1(CO)COc2c(cn(C)c2C(=O)Nc2ccc(C)c(C(F)(F)F)c2)S(=O)(=O)N1. The number of nitrogens with zero attached hydrogens (tertiary/aromatic N) is 1. The Morgan fingerprint density at radius 1 is 1.45 bits per heavy atom. The predicted octanol–water partition coefficient (Wildman–Crippen LogP) is 2.19. The Morgan fingerprint density at radius 2 is 2.13 bits per heavy atom. The molecule has 1 aliphatic heterocycles. The number of amides is 1. The summed E-state index contributed by atoms with van der Waals surface area (Å²) in [6.45, 7) is 3.80. The monoisotopic (exact) mass is 459 g/mol. The van der Waals surface area contributed by atoms with E-state index in [9.17, 15) is 31.5 Å². The Kier molecular flexibility index (Phi) is 5.67. The number of rotatable bonds is 4. The van der Waals surface area contributed by atoms with E-state index in [1.165, 1.54) is 36.7 Å². The number of alkyl halides is 3. The van der Waals surface area contributed by atoms with Crippen molar-refractivity contribution in [3.8, 4) is 5.75 Å². The number of sulfonamides is 1. The van der Waals surface area contributed by atoms with Gasteiger partial charge in [0.1, 0.15) is 17.0 Å². The number of halogens is 3. The van der Waals surface area contributed by atoms with Crippen molar-refractivity contribution in [2.75, 3.05) is 18.5 Å². The second-order valence-electron chi connectivity index (χ2n) is 7.18. The molecule has 31 heavy (non-hydrogen) atoms. The number of carbonyl (C=O) groups excluding carboxylic acids is 1. The number of aromatic nitrogens is 1. The number of aliphatic hydroxyl groups is 1. The number of hydrogen-bond donors (Lipinski definition) is 3. The number of carbonyl (C=O) groups is 1. The van der Waals surface area contributed by atoms with Crippen LogP contribution in [-0.2, 0) is 23.2 Å². The minimum Gasteiger partial charge on any atom is -0.487 e. The molecule has 3 rings (SSSR count). The molecular weight excluding hydrogens is 439 g/mol. The van der Waals surface area contributed by atoms with Crippen LogP contribution in [0.4, 0.5) is 18.9 Å². The molecule has 0 unspecified atom stereocenters. The molecule has 8 nitrogen and oxygen atoms in total. The van der Waals surface area contributed by atoms with E-state index >= 15 is 0 Å². The lowest BCUT2D eigenvalue weighted by atomic mass is 10.0. The first-order chi connectivity index (χ1) is 14.3. The first kappa shape index (κ1) is 22.8. The number of benzene rings is 1. The number of aryl methyl sites for hydroxylation is 2. The Balaban J connectivity index is 2.01. The van der Waals surface area contributed by atoms with Gasteiger partial charge in [0, 0.05) is 18.9 Å². The van der Waals surface area contributed by atoms with Gasteiger partial charge in [-0.3, -0.25) is 4.79 Å². The Morgan fingerprint density at radius 3 is 2.71 bits per heavy atom. The molecule has 0 spiro atoms. The second-order valence-corrected chi connectivity index (χ2v) is 8.83. The van der Waals surface area contributed by atoms with Gasteiger partial charge in [-0.1, -0.05) is 12.1 Å². The number of nitrogens with one attached hydrogen (secondary N) is 2. The predicted molar refractivity (Wildman–Crippen MR) is 105 cm³/mol. The van der Waals surface area contributed by atoms with E-state index in [1.807, 2.05) is 0 Å². The van der Waals surface area contributed by atoms with Gasteiger partial charge in [0.15, 0.2) is 11.4 Å². The average Bonchev–Trinajstić information content (AvgIpc) is 2.98. The highest BCUT2D eigenvalue weighted by Crippen LogP contribution is 2.36. The molecule has 3 N–H and O–H groups in total. The van der Waals surface area contributed by atoms with Crippen LogP contribution in [0.5, 0.6) is 5.75 Å². The number of hydrogen-bond acceptors (Lipinski definition) is 5. The first-order valence-corrected chi connectivity index (χ1v) is 10.4. The molecule has 1 aliphatic rings. The molecule has 1 aromatic heterocycles. The zero-order chi connectivity index (χ0) is 23.2. The highest BCUT2D eigenvalue weighted by Gasteiger charge is 2.41. The maximum atomic E-state index is 13.2. The molecule has 0 saturated carbocycles. The summed E-state index contributed by atoms with van der Waals surface area (Å²) in [6.07, 6.45) is -2.28. The van der Waals surface area contributed by atoms with Gasteiger partial charge in [0.05, 0.1) is 12.2 Å². The van der Waals surface area contributed by atoms with Gasteiger partial charge in [-0.25, -0.2) is 8.42 Å². The molecule has 2 aromatic rings. The van der Waals surface area contributed by atoms with E-state index in [0.717, 1.165) is 12.3 Å². The van der Waals surface area contributed by atoms with Crippen molar-refractivity contribution in [2.45, 2.75) is 23.5 Å². The zero-order valence-electron chi connectivity index (χ0n) is 16.6. The summed E-state index contributed by atoms with van der Waals surface area (Å²) in [5.74, 6) is -1.15. The summed E-state index contributed by atoms with van der Waals surface area (Å²) in [5.41, 5.74) is -2.76. The van der Waals surface area contributed by atoms with E-state index in [-0.39, 0.29) is 34.2 Å². The smallest absolute Gasteiger partial charge is 0.416 e. The molecule has 0 aliphatic carbocycles.